The van der Waals surface area contributed by atoms with Crippen LogP contribution in [-0.4, -0.2) is 60.9 Å². The molecule has 2 N–H and O–H groups in total. The Labute approximate surface area is 278 Å². The van der Waals surface area contributed by atoms with Gasteiger partial charge in [0.1, 0.15) is 0 Å². The average Bonchev–Trinajstić information content (AvgIpc) is 3.45. The number of hydrogen-bond acceptors (Lipinski definition) is 4. The van der Waals surface area contributed by atoms with Gasteiger partial charge in [0.15, 0.2) is 0 Å². The highest BCUT2D eigenvalue weighted by molar-refractivity contribution is 5.88. The van der Waals surface area contributed by atoms with Gasteiger partial charge in [-0.15, -0.1) is 0 Å². The van der Waals surface area contributed by atoms with Crippen molar-refractivity contribution < 1.29 is 14.6 Å². The van der Waals surface area contributed by atoms with Gasteiger partial charge in [-0.25, -0.2) is 4.79 Å². The van der Waals surface area contributed by atoms with E-state index in [9.17, 15) is 9.90 Å². The topological polar surface area (TPSA) is 61.8 Å². The highest BCUT2D eigenvalue weighted by atomic mass is 16.5. The molecule has 0 aromatic heterocycles. The molecule has 8 rings (SSSR count). The number of aromatic carboxylic acids is 1. The number of piperidine rings is 1. The zero-order valence-electron chi connectivity index (χ0n) is 29.2. The molecule has 7 aliphatic rings. The van der Waals surface area contributed by atoms with E-state index in [1.807, 2.05) is 12.1 Å². The molecular weight excluding hydrogens is 568 g/mol. The van der Waals surface area contributed by atoms with Gasteiger partial charge in [-0.1, -0.05) is 52.3 Å². The number of nitrogens with one attached hydrogen (secondary N) is 1. The van der Waals surface area contributed by atoms with Crippen LogP contribution in [0.1, 0.15) is 121 Å². The molecule has 5 heteroatoms. The smallest absolute Gasteiger partial charge is 0.335 e. The van der Waals surface area contributed by atoms with Crippen LogP contribution in [0, 0.1) is 51.2 Å². The number of nitrogens with zero attached hydrogens (tertiary/aromatic N) is 1. The Bertz CT molecular complexity index is 1350. The molecule has 8 atom stereocenters. The van der Waals surface area contributed by atoms with E-state index in [1.165, 1.54) is 108 Å². The summed E-state index contributed by atoms with van der Waals surface area (Å²) in [5.74, 6) is 3.25. The van der Waals surface area contributed by atoms with Crippen LogP contribution in [0.15, 0.2) is 30.3 Å². The van der Waals surface area contributed by atoms with E-state index in [-0.39, 0.29) is 5.41 Å². The van der Waals surface area contributed by atoms with Crippen molar-refractivity contribution in [1.82, 2.24) is 10.2 Å². The maximum atomic E-state index is 11.5. The second kappa shape index (κ2) is 11.2. The van der Waals surface area contributed by atoms with Crippen molar-refractivity contribution in [1.29, 1.82) is 0 Å². The van der Waals surface area contributed by atoms with Crippen LogP contribution < -0.4 is 5.32 Å². The molecule has 0 amide bonds. The van der Waals surface area contributed by atoms with Gasteiger partial charge in [0.05, 0.1) is 18.8 Å². The molecule has 2 heterocycles. The average molecular weight is 629 g/mol. The number of hydrogen-bond donors (Lipinski definition) is 2. The first-order valence-electron chi connectivity index (χ1n) is 19.1. The summed E-state index contributed by atoms with van der Waals surface area (Å²) in [5.41, 5.74) is 4.80. The number of carboxylic acids is 1. The van der Waals surface area contributed by atoms with Crippen molar-refractivity contribution >= 4 is 11.5 Å². The Morgan fingerprint density at radius 1 is 0.870 bits per heavy atom. The SMILES string of the molecule is CC1(C)C(c2ccc(C(=O)O)cc2)=CCC2(C)C1CCC1(C)C3CCC4(NCCN5CCC6(CC5)COC6)CCC[C@@H]4C3CCC12. The Kier molecular flexibility index (Phi) is 7.67. The lowest BCUT2D eigenvalue weighted by atomic mass is 9.37. The largest absolute Gasteiger partial charge is 0.478 e. The highest BCUT2D eigenvalue weighted by Crippen LogP contribution is 2.72. The first-order valence-corrected chi connectivity index (χ1v) is 19.1. The molecule has 252 valence electrons. The molecule has 5 aliphatic carbocycles. The van der Waals surface area contributed by atoms with Crippen molar-refractivity contribution in [3.8, 4) is 0 Å². The number of ether oxygens (including phenoxy) is 1. The number of carbonyl (C=O) groups is 1. The van der Waals surface area contributed by atoms with Crippen LogP contribution in [0.2, 0.25) is 0 Å². The molecule has 0 bridgehead atoms. The predicted octanol–water partition coefficient (Wildman–Crippen LogP) is 8.30. The summed E-state index contributed by atoms with van der Waals surface area (Å²) in [6.45, 7) is 17.3. The quantitative estimate of drug-likeness (QED) is 0.332. The van der Waals surface area contributed by atoms with E-state index in [1.54, 1.807) is 12.1 Å². The minimum absolute atomic E-state index is 0.0770. The zero-order chi connectivity index (χ0) is 32.0. The Balaban J connectivity index is 0.967. The van der Waals surface area contributed by atoms with Gasteiger partial charge in [-0.05, 0) is 153 Å². The number of likely N-dealkylation sites (tertiary alicyclic amines) is 1. The maximum absolute atomic E-state index is 11.5. The Hall–Kier alpha value is -1.69. The molecule has 4 saturated carbocycles. The molecule has 6 fully saturated rings. The van der Waals surface area contributed by atoms with Crippen LogP contribution in [0.3, 0.4) is 0 Å². The predicted molar refractivity (Wildman–Crippen MR) is 185 cm³/mol. The van der Waals surface area contributed by atoms with E-state index in [0.29, 0.717) is 33.3 Å². The lowest BCUT2D eigenvalue weighted by Crippen LogP contribution is -2.63. The lowest BCUT2D eigenvalue weighted by molar-refractivity contribution is -0.172. The fraction of sp³-hybridized carbons (Fsp3) is 0.780. The van der Waals surface area contributed by atoms with Crippen molar-refractivity contribution in [2.24, 2.45) is 51.2 Å². The molecule has 1 aromatic rings. The van der Waals surface area contributed by atoms with E-state index < -0.39 is 5.97 Å². The van der Waals surface area contributed by atoms with Gasteiger partial charge in [0.2, 0.25) is 0 Å². The van der Waals surface area contributed by atoms with E-state index in [4.69, 9.17) is 4.74 Å². The lowest BCUT2D eigenvalue weighted by Gasteiger charge is -2.68. The summed E-state index contributed by atoms with van der Waals surface area (Å²) in [5, 5.41) is 13.7. The third kappa shape index (κ3) is 4.75. The molecule has 1 spiro atoms. The second-order valence-corrected chi connectivity index (χ2v) is 18.4. The Morgan fingerprint density at radius 3 is 2.33 bits per heavy atom. The number of allylic oxidation sites excluding steroid dienone is 2. The first kappa shape index (κ1) is 31.6. The van der Waals surface area contributed by atoms with Crippen LogP contribution in [0.4, 0.5) is 0 Å². The van der Waals surface area contributed by atoms with E-state index >= 15 is 0 Å². The van der Waals surface area contributed by atoms with Crippen molar-refractivity contribution in [2.45, 2.75) is 110 Å². The second-order valence-electron chi connectivity index (χ2n) is 18.4. The normalized spacial score (nSPS) is 42.6. The van der Waals surface area contributed by atoms with Gasteiger partial charge < -0.3 is 20.1 Å². The van der Waals surface area contributed by atoms with Gasteiger partial charge in [0, 0.05) is 24.0 Å². The van der Waals surface area contributed by atoms with Crippen LogP contribution in [-0.2, 0) is 4.74 Å². The fourth-order valence-electron chi connectivity index (χ4n) is 13.8. The molecular formula is C41H60N2O3. The molecule has 7 unspecified atom stereocenters. The summed E-state index contributed by atoms with van der Waals surface area (Å²) >= 11 is 0. The van der Waals surface area contributed by atoms with Gasteiger partial charge in [-0.2, -0.15) is 0 Å². The standard InChI is InChI=1S/C41H60N2O3/c1-37(2)31(28-7-9-29(10-8-28)36(44)45)13-17-39(4)34(37)15-18-38(3)32-14-19-41(16-5-6-33(41)30(32)11-12-35(38)39)42-22-25-43-23-20-40(21-24-43)26-46-27-40/h7-10,13,30,32-35,42H,5-6,11-12,14-27H2,1-4H3,(H,44,45)/t30?,32?,33-,34?,35?,38?,39?,41?/m1/s1. The van der Waals surface area contributed by atoms with Crippen LogP contribution in [0.5, 0.6) is 0 Å². The van der Waals surface area contributed by atoms with Crippen molar-refractivity contribution in [3.05, 3.63) is 41.5 Å². The molecule has 0 radical (unpaired) electrons. The third-order valence-electron chi connectivity index (χ3n) is 16.2. The minimum Gasteiger partial charge on any atom is -0.478 e. The molecule has 1 aromatic carbocycles. The number of rotatable bonds is 6. The number of fused-ring (bicyclic) bond motifs is 7. The van der Waals surface area contributed by atoms with E-state index in [2.05, 4.69) is 44.0 Å². The fourth-order valence-corrected chi connectivity index (χ4v) is 13.8. The minimum atomic E-state index is -0.846. The molecule has 5 nitrogen and oxygen atoms in total. The van der Waals surface area contributed by atoms with Crippen molar-refractivity contribution in [3.63, 3.8) is 0 Å². The third-order valence-corrected chi connectivity index (χ3v) is 16.2. The van der Waals surface area contributed by atoms with Crippen LogP contribution in [0.25, 0.3) is 5.57 Å². The van der Waals surface area contributed by atoms with Crippen LogP contribution >= 0.6 is 0 Å². The number of carboxylic acid groups (broad SMARTS) is 1. The Morgan fingerprint density at radius 2 is 1.63 bits per heavy atom. The monoisotopic (exact) mass is 628 g/mol. The molecule has 2 aliphatic heterocycles. The highest BCUT2D eigenvalue weighted by Gasteiger charge is 2.65. The summed E-state index contributed by atoms with van der Waals surface area (Å²) in [6.07, 6.45) is 19.0. The summed E-state index contributed by atoms with van der Waals surface area (Å²) in [4.78, 5) is 14.2. The van der Waals surface area contributed by atoms with Gasteiger partial charge in [0.25, 0.3) is 0 Å². The van der Waals surface area contributed by atoms with E-state index in [0.717, 1.165) is 43.3 Å². The van der Waals surface area contributed by atoms with Crippen molar-refractivity contribution in [2.75, 3.05) is 39.4 Å². The first-order chi connectivity index (χ1) is 22.0. The number of benzene rings is 1. The summed E-state index contributed by atoms with van der Waals surface area (Å²) in [7, 11) is 0. The summed E-state index contributed by atoms with van der Waals surface area (Å²) in [6, 6.07) is 7.67. The molecule has 2 saturated heterocycles. The summed E-state index contributed by atoms with van der Waals surface area (Å²) < 4.78 is 5.56. The van der Waals surface area contributed by atoms with Gasteiger partial charge in [-0.3, -0.25) is 0 Å². The van der Waals surface area contributed by atoms with Gasteiger partial charge >= 0.3 is 5.97 Å². The zero-order valence-corrected chi connectivity index (χ0v) is 29.2. The molecule has 46 heavy (non-hydrogen) atoms. The maximum Gasteiger partial charge on any atom is 0.335 e.